The van der Waals surface area contributed by atoms with Gasteiger partial charge in [0.1, 0.15) is 0 Å². The third-order valence-corrected chi connectivity index (χ3v) is 6.18. The Bertz CT molecular complexity index is 1110. The van der Waals surface area contributed by atoms with Crippen LogP contribution in [-0.2, 0) is 14.8 Å². The fourth-order valence-corrected chi connectivity index (χ4v) is 4.70. The van der Waals surface area contributed by atoms with Gasteiger partial charge >= 0.3 is 0 Å². The molecule has 0 unspecified atom stereocenters. The quantitative estimate of drug-likeness (QED) is 0.764. The molecule has 27 heavy (non-hydrogen) atoms. The van der Waals surface area contributed by atoms with Crippen molar-refractivity contribution in [1.29, 1.82) is 0 Å². The molecule has 1 amide bonds. The Morgan fingerprint density at radius 2 is 1.96 bits per heavy atom. The van der Waals surface area contributed by atoms with Crippen LogP contribution in [0.4, 0.5) is 0 Å². The Balaban J connectivity index is 1.59. The number of ether oxygens (including phenoxy) is 2. The van der Waals surface area contributed by atoms with E-state index in [0.29, 0.717) is 16.4 Å². The molecule has 2 aromatic rings. The lowest BCUT2D eigenvalue weighted by Crippen LogP contribution is -2.20. The van der Waals surface area contributed by atoms with Crippen molar-refractivity contribution in [2.75, 3.05) is 6.79 Å². The molecule has 1 saturated heterocycles. The standard InChI is InChI=1S/C17H11ClN2O5S2/c18-11-2-1-3-12(8-11)27(22,23)20-17-19-16(21)15(26-17)7-10-4-5-13-14(6-10)25-9-24-13/h1-8H,9H2,(H,19,20,21). The van der Waals surface area contributed by atoms with Gasteiger partial charge in [0.2, 0.25) is 6.79 Å². The third kappa shape index (κ3) is 3.80. The van der Waals surface area contributed by atoms with Crippen LogP contribution in [0.2, 0.25) is 5.02 Å². The topological polar surface area (TPSA) is 94.1 Å². The molecule has 0 aliphatic carbocycles. The van der Waals surface area contributed by atoms with E-state index in [9.17, 15) is 13.2 Å². The summed E-state index contributed by atoms with van der Waals surface area (Å²) in [6.45, 7) is 0.156. The number of rotatable bonds is 3. The highest BCUT2D eigenvalue weighted by atomic mass is 35.5. The van der Waals surface area contributed by atoms with Gasteiger partial charge in [0, 0.05) is 5.02 Å². The first-order chi connectivity index (χ1) is 12.9. The van der Waals surface area contributed by atoms with Crippen molar-refractivity contribution in [1.82, 2.24) is 5.32 Å². The zero-order valence-electron chi connectivity index (χ0n) is 13.5. The van der Waals surface area contributed by atoms with Crippen molar-refractivity contribution in [3.05, 3.63) is 58.0 Å². The van der Waals surface area contributed by atoms with Crippen molar-refractivity contribution >= 4 is 50.5 Å². The Morgan fingerprint density at radius 1 is 1.15 bits per heavy atom. The highest BCUT2D eigenvalue weighted by Crippen LogP contribution is 2.34. The number of hydrogen-bond donors (Lipinski definition) is 1. The van der Waals surface area contributed by atoms with Gasteiger partial charge in [-0.05, 0) is 53.7 Å². The van der Waals surface area contributed by atoms with Crippen LogP contribution in [0.3, 0.4) is 0 Å². The summed E-state index contributed by atoms with van der Waals surface area (Å²) in [6.07, 6.45) is 1.62. The zero-order valence-corrected chi connectivity index (χ0v) is 15.9. The van der Waals surface area contributed by atoms with E-state index in [1.165, 1.54) is 18.2 Å². The van der Waals surface area contributed by atoms with Crippen LogP contribution in [0.15, 0.2) is 56.7 Å². The second-order valence-electron chi connectivity index (χ2n) is 5.51. The lowest BCUT2D eigenvalue weighted by Gasteiger charge is -2.00. The van der Waals surface area contributed by atoms with Gasteiger partial charge in [0.15, 0.2) is 16.7 Å². The van der Waals surface area contributed by atoms with Gasteiger partial charge in [-0.3, -0.25) is 10.1 Å². The highest BCUT2D eigenvalue weighted by Gasteiger charge is 2.27. The van der Waals surface area contributed by atoms with Crippen molar-refractivity contribution in [3.8, 4) is 11.5 Å². The summed E-state index contributed by atoms with van der Waals surface area (Å²) in [7, 11) is -3.99. The van der Waals surface area contributed by atoms with Crippen LogP contribution in [0.5, 0.6) is 11.5 Å². The molecule has 1 N–H and O–H groups in total. The third-order valence-electron chi connectivity index (χ3n) is 3.64. The van der Waals surface area contributed by atoms with E-state index in [1.54, 1.807) is 30.3 Å². The molecule has 7 nitrogen and oxygen atoms in total. The molecular weight excluding hydrogens is 412 g/mol. The van der Waals surface area contributed by atoms with Gasteiger partial charge < -0.3 is 9.47 Å². The van der Waals surface area contributed by atoms with E-state index in [0.717, 1.165) is 17.3 Å². The van der Waals surface area contributed by atoms with Gasteiger partial charge in [-0.15, -0.1) is 4.40 Å². The summed E-state index contributed by atoms with van der Waals surface area (Å²) in [6, 6.07) is 11.0. The van der Waals surface area contributed by atoms with E-state index in [1.807, 2.05) is 0 Å². The largest absolute Gasteiger partial charge is 0.454 e. The number of nitrogens with zero attached hydrogens (tertiary/aromatic N) is 1. The average molecular weight is 423 g/mol. The predicted octanol–water partition coefficient (Wildman–Crippen LogP) is 3.02. The van der Waals surface area contributed by atoms with Crippen molar-refractivity contribution < 1.29 is 22.7 Å². The monoisotopic (exact) mass is 422 g/mol. The first-order valence-corrected chi connectivity index (χ1v) is 10.3. The lowest BCUT2D eigenvalue weighted by atomic mass is 10.2. The maximum Gasteiger partial charge on any atom is 0.284 e. The van der Waals surface area contributed by atoms with E-state index < -0.39 is 15.9 Å². The van der Waals surface area contributed by atoms with Crippen LogP contribution >= 0.6 is 23.4 Å². The van der Waals surface area contributed by atoms with Gasteiger partial charge in [0.25, 0.3) is 15.9 Å². The SMILES string of the molecule is O=C1NC(=NS(=O)(=O)c2cccc(Cl)c2)SC1=Cc1ccc2c(c1)OCO2. The summed E-state index contributed by atoms with van der Waals surface area (Å²) in [4.78, 5) is 12.4. The summed E-state index contributed by atoms with van der Waals surface area (Å²) in [5.74, 6) is 0.790. The average Bonchev–Trinajstić information content (AvgIpc) is 3.21. The number of amidine groups is 1. The number of thioether (sulfide) groups is 1. The van der Waals surface area contributed by atoms with Crippen molar-refractivity contribution in [2.45, 2.75) is 4.90 Å². The van der Waals surface area contributed by atoms with Crippen LogP contribution in [0.25, 0.3) is 6.08 Å². The maximum atomic E-state index is 12.4. The minimum atomic E-state index is -3.99. The summed E-state index contributed by atoms with van der Waals surface area (Å²) in [5.41, 5.74) is 0.718. The van der Waals surface area contributed by atoms with Gasteiger partial charge in [0.05, 0.1) is 9.80 Å². The molecule has 138 valence electrons. The molecule has 2 heterocycles. The Morgan fingerprint density at radius 3 is 2.78 bits per heavy atom. The van der Waals surface area contributed by atoms with E-state index in [-0.39, 0.29) is 21.9 Å². The number of carbonyl (C=O) groups is 1. The smallest absolute Gasteiger partial charge is 0.284 e. The molecule has 0 radical (unpaired) electrons. The Kier molecular flexibility index (Phi) is 4.58. The van der Waals surface area contributed by atoms with Crippen LogP contribution in [-0.4, -0.2) is 26.3 Å². The molecule has 2 aromatic carbocycles. The molecule has 0 bridgehead atoms. The molecule has 1 fully saturated rings. The number of amides is 1. The number of fused-ring (bicyclic) bond motifs is 1. The minimum absolute atomic E-state index is 0.0213. The molecule has 0 aromatic heterocycles. The number of nitrogens with one attached hydrogen (secondary N) is 1. The lowest BCUT2D eigenvalue weighted by molar-refractivity contribution is -0.115. The van der Waals surface area contributed by atoms with Crippen LogP contribution in [0.1, 0.15) is 5.56 Å². The molecule has 0 saturated carbocycles. The number of sulfonamides is 1. The fraction of sp³-hybridized carbons (Fsp3) is 0.0588. The Hall–Kier alpha value is -2.49. The molecule has 10 heteroatoms. The number of hydrogen-bond acceptors (Lipinski definition) is 6. The van der Waals surface area contributed by atoms with Gasteiger partial charge in [-0.25, -0.2) is 0 Å². The van der Waals surface area contributed by atoms with Gasteiger partial charge in [-0.1, -0.05) is 23.7 Å². The molecular formula is C17H11ClN2O5S2. The predicted molar refractivity (Wildman–Crippen MR) is 102 cm³/mol. The summed E-state index contributed by atoms with van der Waals surface area (Å²) >= 11 is 6.77. The number of halogens is 1. The summed E-state index contributed by atoms with van der Waals surface area (Å²) < 4.78 is 39.0. The fourth-order valence-electron chi connectivity index (χ4n) is 2.41. The molecule has 2 aliphatic heterocycles. The zero-order chi connectivity index (χ0) is 19.0. The molecule has 4 rings (SSSR count). The van der Waals surface area contributed by atoms with E-state index in [2.05, 4.69) is 9.71 Å². The molecule has 0 atom stereocenters. The number of carbonyl (C=O) groups excluding carboxylic acids is 1. The maximum absolute atomic E-state index is 12.4. The second-order valence-corrected chi connectivity index (χ2v) is 8.58. The van der Waals surface area contributed by atoms with Crippen LogP contribution in [0, 0.1) is 0 Å². The van der Waals surface area contributed by atoms with E-state index >= 15 is 0 Å². The molecule has 0 spiro atoms. The first kappa shape index (κ1) is 17.9. The molecule has 2 aliphatic rings. The van der Waals surface area contributed by atoms with E-state index in [4.69, 9.17) is 21.1 Å². The minimum Gasteiger partial charge on any atom is -0.454 e. The van der Waals surface area contributed by atoms with Crippen molar-refractivity contribution in [2.24, 2.45) is 4.40 Å². The number of benzene rings is 2. The first-order valence-electron chi connectivity index (χ1n) is 7.62. The Labute approximate surface area is 164 Å². The normalized spacial score (nSPS) is 18.9. The van der Waals surface area contributed by atoms with Crippen molar-refractivity contribution in [3.63, 3.8) is 0 Å². The highest BCUT2D eigenvalue weighted by molar-refractivity contribution is 8.19. The second kappa shape index (κ2) is 6.91. The van der Waals surface area contributed by atoms with Crippen LogP contribution < -0.4 is 14.8 Å². The van der Waals surface area contributed by atoms with Gasteiger partial charge in [-0.2, -0.15) is 8.42 Å². The summed E-state index contributed by atoms with van der Waals surface area (Å²) in [5, 5.41) is 2.71.